The molecular formula is C21H22BrN3O2. The standard InChI is InChI=1S/C21H22BrN3O2/c1-2-10-23-20(26)16-6-7-19(24-14-16)25-15-21(8-11-27-12-9-21)17-4-3-5-18(22)13-17/h1,3-7,13-14H,8-12,15H2,(H,23,26)(H,24,25). The zero-order valence-electron chi connectivity index (χ0n) is 15.0. The molecule has 0 radical (unpaired) electrons. The molecule has 2 heterocycles. The van der Waals surface area contributed by atoms with Crippen molar-refractivity contribution in [3.63, 3.8) is 0 Å². The Labute approximate surface area is 168 Å². The van der Waals surface area contributed by atoms with Crippen LogP contribution in [0.25, 0.3) is 0 Å². The monoisotopic (exact) mass is 427 g/mol. The summed E-state index contributed by atoms with van der Waals surface area (Å²) in [5.74, 6) is 2.90. The molecule has 3 rings (SSSR count). The Kier molecular flexibility index (Phi) is 6.49. The Morgan fingerprint density at radius 3 is 2.78 bits per heavy atom. The molecule has 1 aliphatic heterocycles. The summed E-state index contributed by atoms with van der Waals surface area (Å²) in [7, 11) is 0. The Morgan fingerprint density at radius 1 is 1.30 bits per heavy atom. The summed E-state index contributed by atoms with van der Waals surface area (Å²) in [6.07, 6.45) is 8.61. The number of aromatic nitrogens is 1. The zero-order valence-corrected chi connectivity index (χ0v) is 16.6. The summed E-state index contributed by atoms with van der Waals surface area (Å²) in [5, 5.41) is 6.07. The van der Waals surface area contributed by atoms with E-state index in [1.807, 2.05) is 12.1 Å². The van der Waals surface area contributed by atoms with Crippen molar-refractivity contribution in [3.8, 4) is 12.3 Å². The number of nitrogens with zero attached hydrogens (tertiary/aromatic N) is 1. The summed E-state index contributed by atoms with van der Waals surface area (Å²) in [5.41, 5.74) is 1.77. The number of benzene rings is 1. The molecule has 2 N–H and O–H groups in total. The third kappa shape index (κ3) is 4.88. The minimum Gasteiger partial charge on any atom is -0.381 e. The normalized spacial score (nSPS) is 15.6. The Balaban J connectivity index is 1.71. The number of carbonyl (C=O) groups excluding carboxylic acids is 1. The van der Waals surface area contributed by atoms with Gasteiger partial charge in [0, 0.05) is 35.8 Å². The average molecular weight is 428 g/mol. The van der Waals surface area contributed by atoms with E-state index in [1.165, 1.54) is 5.56 Å². The molecular weight excluding hydrogens is 406 g/mol. The van der Waals surface area contributed by atoms with Gasteiger partial charge in [-0.15, -0.1) is 6.42 Å². The van der Waals surface area contributed by atoms with E-state index in [2.05, 4.69) is 55.7 Å². The summed E-state index contributed by atoms with van der Waals surface area (Å²) in [6.45, 7) is 2.45. The molecule has 0 saturated carbocycles. The smallest absolute Gasteiger partial charge is 0.253 e. The van der Waals surface area contributed by atoms with E-state index in [9.17, 15) is 4.79 Å². The summed E-state index contributed by atoms with van der Waals surface area (Å²) in [4.78, 5) is 16.3. The van der Waals surface area contributed by atoms with E-state index >= 15 is 0 Å². The number of anilines is 1. The van der Waals surface area contributed by atoms with Crippen LogP contribution < -0.4 is 10.6 Å². The van der Waals surface area contributed by atoms with Gasteiger partial charge in [0.25, 0.3) is 5.91 Å². The molecule has 0 unspecified atom stereocenters. The quantitative estimate of drug-likeness (QED) is 0.693. The van der Waals surface area contributed by atoms with E-state index in [-0.39, 0.29) is 17.9 Å². The molecule has 0 spiro atoms. The predicted octanol–water partition coefficient (Wildman–Crippen LogP) is 3.37. The maximum absolute atomic E-state index is 11.9. The van der Waals surface area contributed by atoms with Crippen molar-refractivity contribution in [3.05, 3.63) is 58.2 Å². The lowest BCUT2D eigenvalue weighted by atomic mass is 9.74. The third-order valence-electron chi connectivity index (χ3n) is 4.87. The van der Waals surface area contributed by atoms with Gasteiger partial charge in [0.2, 0.25) is 0 Å². The van der Waals surface area contributed by atoms with Crippen LogP contribution in [-0.2, 0) is 10.2 Å². The maximum atomic E-state index is 11.9. The highest BCUT2D eigenvalue weighted by atomic mass is 79.9. The fourth-order valence-electron chi connectivity index (χ4n) is 3.27. The number of carbonyl (C=O) groups is 1. The second kappa shape index (κ2) is 9.03. The lowest BCUT2D eigenvalue weighted by molar-refractivity contribution is 0.0543. The van der Waals surface area contributed by atoms with E-state index in [0.717, 1.165) is 42.9 Å². The molecule has 6 heteroatoms. The molecule has 140 valence electrons. The van der Waals surface area contributed by atoms with Crippen LogP contribution in [0, 0.1) is 12.3 Å². The SMILES string of the molecule is C#CCNC(=O)c1ccc(NCC2(c3cccc(Br)c3)CCOCC2)nc1. The Hall–Kier alpha value is -2.36. The Bertz CT molecular complexity index is 824. The van der Waals surface area contributed by atoms with Crippen LogP contribution >= 0.6 is 15.9 Å². The topological polar surface area (TPSA) is 63.2 Å². The molecule has 5 nitrogen and oxygen atoms in total. The molecule has 1 aliphatic rings. The number of amides is 1. The molecule has 0 bridgehead atoms. The Morgan fingerprint density at radius 2 is 2.11 bits per heavy atom. The maximum Gasteiger partial charge on any atom is 0.253 e. The van der Waals surface area contributed by atoms with Gasteiger partial charge in [0.1, 0.15) is 5.82 Å². The van der Waals surface area contributed by atoms with Gasteiger partial charge in [-0.3, -0.25) is 4.79 Å². The number of hydrogen-bond acceptors (Lipinski definition) is 4. The number of ether oxygens (including phenoxy) is 1. The van der Waals surface area contributed by atoms with Crippen molar-refractivity contribution < 1.29 is 9.53 Å². The molecule has 1 amide bonds. The lowest BCUT2D eigenvalue weighted by Gasteiger charge is -2.38. The number of terminal acetylenes is 1. The first kappa shape index (κ1) is 19.4. The first-order valence-corrected chi connectivity index (χ1v) is 9.68. The van der Waals surface area contributed by atoms with Crippen LogP contribution in [0.5, 0.6) is 0 Å². The highest BCUT2D eigenvalue weighted by Crippen LogP contribution is 2.36. The van der Waals surface area contributed by atoms with Gasteiger partial charge >= 0.3 is 0 Å². The van der Waals surface area contributed by atoms with E-state index < -0.39 is 0 Å². The average Bonchev–Trinajstić information content (AvgIpc) is 2.71. The van der Waals surface area contributed by atoms with Gasteiger partial charge in [-0.1, -0.05) is 34.0 Å². The molecule has 27 heavy (non-hydrogen) atoms. The van der Waals surface area contributed by atoms with Gasteiger partial charge in [0.15, 0.2) is 0 Å². The van der Waals surface area contributed by atoms with E-state index in [4.69, 9.17) is 11.2 Å². The predicted molar refractivity (Wildman–Crippen MR) is 110 cm³/mol. The van der Waals surface area contributed by atoms with Crippen LogP contribution in [0.4, 0.5) is 5.82 Å². The lowest BCUT2D eigenvalue weighted by Crippen LogP contribution is -2.40. The summed E-state index contributed by atoms with van der Waals surface area (Å²) in [6, 6.07) is 12.0. The third-order valence-corrected chi connectivity index (χ3v) is 5.36. The molecule has 2 aromatic rings. The van der Waals surface area contributed by atoms with Crippen molar-refractivity contribution in [2.45, 2.75) is 18.3 Å². The largest absolute Gasteiger partial charge is 0.381 e. The van der Waals surface area contributed by atoms with E-state index in [1.54, 1.807) is 12.3 Å². The van der Waals surface area contributed by atoms with Crippen LogP contribution in [-0.4, -0.2) is 37.2 Å². The van der Waals surface area contributed by atoms with Gasteiger partial charge in [0.05, 0.1) is 12.1 Å². The number of pyridine rings is 1. The van der Waals surface area contributed by atoms with Gasteiger partial charge < -0.3 is 15.4 Å². The number of hydrogen-bond donors (Lipinski definition) is 2. The summed E-state index contributed by atoms with van der Waals surface area (Å²) >= 11 is 3.57. The first-order chi connectivity index (χ1) is 13.1. The minimum absolute atomic E-state index is 0.00739. The van der Waals surface area contributed by atoms with Crippen molar-refractivity contribution in [2.75, 3.05) is 31.6 Å². The van der Waals surface area contributed by atoms with Crippen LogP contribution in [0.3, 0.4) is 0 Å². The molecule has 1 fully saturated rings. The van der Waals surface area contributed by atoms with Crippen molar-refractivity contribution in [1.82, 2.24) is 10.3 Å². The van der Waals surface area contributed by atoms with Crippen molar-refractivity contribution >= 4 is 27.7 Å². The first-order valence-electron chi connectivity index (χ1n) is 8.88. The zero-order chi connectivity index (χ0) is 19.1. The highest BCUT2D eigenvalue weighted by Gasteiger charge is 2.34. The minimum atomic E-state index is -0.220. The van der Waals surface area contributed by atoms with Gasteiger partial charge in [-0.05, 0) is 42.7 Å². The highest BCUT2D eigenvalue weighted by molar-refractivity contribution is 9.10. The number of nitrogens with one attached hydrogen (secondary N) is 2. The van der Waals surface area contributed by atoms with Crippen LogP contribution in [0.1, 0.15) is 28.8 Å². The molecule has 0 aliphatic carbocycles. The van der Waals surface area contributed by atoms with Crippen molar-refractivity contribution in [2.24, 2.45) is 0 Å². The fraction of sp³-hybridized carbons (Fsp3) is 0.333. The van der Waals surface area contributed by atoms with Crippen LogP contribution in [0.2, 0.25) is 0 Å². The van der Waals surface area contributed by atoms with Gasteiger partial charge in [-0.25, -0.2) is 4.98 Å². The number of halogens is 1. The molecule has 0 atom stereocenters. The summed E-state index contributed by atoms with van der Waals surface area (Å²) < 4.78 is 6.66. The molecule has 1 aromatic heterocycles. The van der Waals surface area contributed by atoms with Crippen molar-refractivity contribution in [1.29, 1.82) is 0 Å². The molecule has 1 aromatic carbocycles. The second-order valence-corrected chi connectivity index (χ2v) is 7.49. The second-order valence-electron chi connectivity index (χ2n) is 6.58. The fourth-order valence-corrected chi connectivity index (χ4v) is 3.67. The van der Waals surface area contributed by atoms with Gasteiger partial charge in [-0.2, -0.15) is 0 Å². The molecule has 1 saturated heterocycles. The van der Waals surface area contributed by atoms with Crippen LogP contribution in [0.15, 0.2) is 47.1 Å². The number of rotatable bonds is 6. The van der Waals surface area contributed by atoms with E-state index in [0.29, 0.717) is 5.56 Å².